The monoisotopic (exact) mass is 262 g/mol. The third-order valence-corrected chi connectivity index (χ3v) is 3.90. The zero-order valence-electron chi connectivity index (χ0n) is 10.1. The smallest absolute Gasteiger partial charge is 0.396 e. The zero-order chi connectivity index (χ0) is 13.7. The molecular formula is C13H14F4O. The first kappa shape index (κ1) is 13.3. The lowest BCUT2D eigenvalue weighted by molar-refractivity contribution is -0.140. The Balaban J connectivity index is 2.38. The molecule has 2 atom stereocenters. The summed E-state index contributed by atoms with van der Waals surface area (Å²) in [5, 5.41) is 9.16. The van der Waals surface area contributed by atoms with Crippen LogP contribution in [-0.2, 0) is 6.18 Å². The van der Waals surface area contributed by atoms with E-state index in [-0.39, 0.29) is 23.9 Å². The molecule has 0 aliphatic heterocycles. The Morgan fingerprint density at radius 1 is 1.28 bits per heavy atom. The van der Waals surface area contributed by atoms with Crippen molar-refractivity contribution in [3.63, 3.8) is 0 Å². The summed E-state index contributed by atoms with van der Waals surface area (Å²) in [7, 11) is 0. The molecule has 0 radical (unpaired) electrons. The van der Waals surface area contributed by atoms with E-state index < -0.39 is 17.6 Å². The molecule has 1 aromatic rings. The van der Waals surface area contributed by atoms with Crippen molar-refractivity contribution in [2.45, 2.75) is 25.9 Å². The fraction of sp³-hybridized carbons (Fsp3) is 0.538. The molecule has 2 unspecified atom stereocenters. The van der Waals surface area contributed by atoms with Crippen LogP contribution in [0.15, 0.2) is 18.2 Å². The molecule has 0 bridgehead atoms. The standard InChI is InChI=1S/C13H14F4O/c1-12(2)9(6-18)11(12)7-3-4-10(14)8(5-7)13(15,16)17/h3-5,9,11,18H,6H2,1-2H3. The van der Waals surface area contributed by atoms with Crippen LogP contribution in [-0.4, -0.2) is 11.7 Å². The van der Waals surface area contributed by atoms with Crippen molar-refractivity contribution < 1.29 is 22.7 Å². The lowest BCUT2D eigenvalue weighted by atomic mass is 10.0. The van der Waals surface area contributed by atoms with E-state index in [2.05, 4.69) is 0 Å². The van der Waals surface area contributed by atoms with Gasteiger partial charge >= 0.3 is 6.18 Å². The lowest BCUT2D eigenvalue weighted by Crippen LogP contribution is -2.09. The molecule has 1 fully saturated rings. The van der Waals surface area contributed by atoms with Gasteiger partial charge in [-0.15, -0.1) is 0 Å². The molecule has 18 heavy (non-hydrogen) atoms. The van der Waals surface area contributed by atoms with Crippen LogP contribution in [0.4, 0.5) is 17.6 Å². The number of hydrogen-bond acceptors (Lipinski definition) is 1. The maximum atomic E-state index is 13.2. The van der Waals surface area contributed by atoms with Crippen LogP contribution in [0, 0.1) is 17.2 Å². The van der Waals surface area contributed by atoms with Gasteiger partial charge in [0.15, 0.2) is 0 Å². The van der Waals surface area contributed by atoms with Crippen LogP contribution in [0.1, 0.15) is 30.9 Å². The summed E-state index contributed by atoms with van der Waals surface area (Å²) in [6.45, 7) is 3.70. The van der Waals surface area contributed by atoms with Crippen LogP contribution in [0.3, 0.4) is 0 Å². The van der Waals surface area contributed by atoms with Gasteiger partial charge in [-0.3, -0.25) is 0 Å². The minimum atomic E-state index is -4.69. The van der Waals surface area contributed by atoms with E-state index in [0.717, 1.165) is 12.1 Å². The molecule has 1 saturated carbocycles. The van der Waals surface area contributed by atoms with Crippen molar-refractivity contribution in [1.82, 2.24) is 0 Å². The Morgan fingerprint density at radius 2 is 1.89 bits per heavy atom. The van der Waals surface area contributed by atoms with Crippen molar-refractivity contribution in [3.05, 3.63) is 35.1 Å². The lowest BCUT2D eigenvalue weighted by Gasteiger charge is -2.10. The van der Waals surface area contributed by atoms with E-state index >= 15 is 0 Å². The second-order valence-electron chi connectivity index (χ2n) is 5.33. The van der Waals surface area contributed by atoms with E-state index in [4.69, 9.17) is 5.11 Å². The maximum absolute atomic E-state index is 13.2. The molecule has 0 aromatic heterocycles. The van der Waals surface area contributed by atoms with Gasteiger partial charge in [0.05, 0.1) is 5.56 Å². The van der Waals surface area contributed by atoms with E-state index in [1.165, 1.54) is 6.07 Å². The van der Waals surface area contributed by atoms with Gasteiger partial charge in [-0.05, 0) is 34.9 Å². The van der Waals surface area contributed by atoms with Crippen molar-refractivity contribution in [2.75, 3.05) is 6.61 Å². The molecule has 0 spiro atoms. The van der Waals surface area contributed by atoms with Crippen molar-refractivity contribution in [3.8, 4) is 0 Å². The highest BCUT2D eigenvalue weighted by Gasteiger charge is 2.58. The maximum Gasteiger partial charge on any atom is 0.419 e. The molecule has 0 saturated heterocycles. The number of aliphatic hydroxyl groups excluding tert-OH is 1. The first-order valence-corrected chi connectivity index (χ1v) is 5.67. The Kier molecular flexibility index (Phi) is 2.93. The molecule has 1 aromatic carbocycles. The largest absolute Gasteiger partial charge is 0.419 e. The van der Waals surface area contributed by atoms with Crippen molar-refractivity contribution in [2.24, 2.45) is 11.3 Å². The van der Waals surface area contributed by atoms with Crippen LogP contribution in [0.2, 0.25) is 0 Å². The van der Waals surface area contributed by atoms with Crippen molar-refractivity contribution >= 4 is 0 Å². The third kappa shape index (κ3) is 2.00. The van der Waals surface area contributed by atoms with E-state index in [0.29, 0.717) is 5.56 Å². The summed E-state index contributed by atoms with van der Waals surface area (Å²) in [5.74, 6) is -1.47. The number of aliphatic hydroxyl groups is 1. The quantitative estimate of drug-likeness (QED) is 0.808. The van der Waals surface area contributed by atoms with Gasteiger partial charge in [0.25, 0.3) is 0 Å². The zero-order valence-corrected chi connectivity index (χ0v) is 10.1. The first-order chi connectivity index (χ1) is 8.19. The highest BCUT2D eigenvalue weighted by molar-refractivity contribution is 5.36. The first-order valence-electron chi connectivity index (χ1n) is 5.67. The minimum absolute atomic E-state index is 0.0657. The number of rotatable bonds is 2. The normalized spacial score (nSPS) is 26.2. The van der Waals surface area contributed by atoms with Gasteiger partial charge in [-0.2, -0.15) is 13.2 Å². The average molecular weight is 262 g/mol. The molecule has 5 heteroatoms. The van der Waals surface area contributed by atoms with Gasteiger partial charge in [-0.1, -0.05) is 19.9 Å². The van der Waals surface area contributed by atoms with Crippen molar-refractivity contribution in [1.29, 1.82) is 0 Å². The summed E-state index contributed by atoms with van der Waals surface area (Å²) in [6.07, 6.45) is -4.69. The van der Waals surface area contributed by atoms with Gasteiger partial charge < -0.3 is 5.11 Å². The summed E-state index contributed by atoms with van der Waals surface area (Å²) in [4.78, 5) is 0. The number of alkyl halides is 3. The number of halogens is 4. The topological polar surface area (TPSA) is 20.2 Å². The van der Waals surface area contributed by atoms with Crippen LogP contribution >= 0.6 is 0 Å². The molecule has 1 nitrogen and oxygen atoms in total. The Morgan fingerprint density at radius 3 is 2.33 bits per heavy atom. The molecule has 1 N–H and O–H groups in total. The molecule has 1 aliphatic carbocycles. The van der Waals surface area contributed by atoms with Crippen LogP contribution in [0.5, 0.6) is 0 Å². The minimum Gasteiger partial charge on any atom is -0.396 e. The SMILES string of the molecule is CC1(C)C(CO)C1c1ccc(F)c(C(F)(F)F)c1. The summed E-state index contributed by atoms with van der Waals surface area (Å²) in [5.41, 5.74) is -1.04. The second-order valence-corrected chi connectivity index (χ2v) is 5.33. The fourth-order valence-corrected chi connectivity index (χ4v) is 2.70. The second kappa shape index (κ2) is 3.95. The van der Waals surface area contributed by atoms with E-state index in [1.807, 2.05) is 13.8 Å². The summed E-state index contributed by atoms with van der Waals surface area (Å²) in [6, 6.07) is 3.07. The van der Waals surface area contributed by atoms with Gasteiger partial charge in [0.1, 0.15) is 5.82 Å². The van der Waals surface area contributed by atoms with E-state index in [9.17, 15) is 17.6 Å². The Labute approximate surface area is 102 Å². The number of hydrogen-bond donors (Lipinski definition) is 1. The fourth-order valence-electron chi connectivity index (χ4n) is 2.70. The molecule has 100 valence electrons. The Bertz CT molecular complexity index is 465. The predicted octanol–water partition coefficient (Wildman–Crippen LogP) is 3.58. The van der Waals surface area contributed by atoms with Crippen LogP contribution in [0.25, 0.3) is 0 Å². The molecular weight excluding hydrogens is 248 g/mol. The molecule has 0 amide bonds. The molecule has 2 rings (SSSR count). The van der Waals surface area contributed by atoms with Gasteiger partial charge in [0, 0.05) is 6.61 Å². The van der Waals surface area contributed by atoms with E-state index in [1.54, 1.807) is 0 Å². The molecule has 0 heterocycles. The summed E-state index contributed by atoms with van der Waals surface area (Å²) >= 11 is 0. The average Bonchev–Trinajstić information content (AvgIpc) is 2.79. The summed E-state index contributed by atoms with van der Waals surface area (Å²) < 4.78 is 50.9. The predicted molar refractivity (Wildman–Crippen MR) is 58.5 cm³/mol. The highest BCUT2D eigenvalue weighted by Crippen LogP contribution is 2.64. The Hall–Kier alpha value is -1.10. The highest BCUT2D eigenvalue weighted by atomic mass is 19.4. The van der Waals surface area contributed by atoms with Crippen LogP contribution < -0.4 is 0 Å². The van der Waals surface area contributed by atoms with Gasteiger partial charge in [-0.25, -0.2) is 4.39 Å². The van der Waals surface area contributed by atoms with Gasteiger partial charge in [0.2, 0.25) is 0 Å². The molecule has 1 aliphatic rings. The number of benzene rings is 1. The third-order valence-electron chi connectivity index (χ3n) is 3.90.